The molecular weight excluding hydrogens is 404 g/mol. The second kappa shape index (κ2) is 8.50. The van der Waals surface area contributed by atoms with Crippen molar-refractivity contribution < 1.29 is 4.79 Å². The molecule has 5 rings (SSSR count). The van der Waals surface area contributed by atoms with Crippen LogP contribution in [-0.4, -0.2) is 32.5 Å². The van der Waals surface area contributed by atoms with Gasteiger partial charge in [0.15, 0.2) is 11.0 Å². The van der Waals surface area contributed by atoms with Crippen molar-refractivity contribution in [1.29, 1.82) is 0 Å². The first-order valence-electron chi connectivity index (χ1n) is 11.1. The predicted octanol–water partition coefficient (Wildman–Crippen LogP) is 4.95. The average molecular weight is 433 g/mol. The molecule has 160 valence electrons. The number of amides is 1. The van der Waals surface area contributed by atoms with Gasteiger partial charge in [-0.2, -0.15) is 0 Å². The lowest BCUT2D eigenvalue weighted by atomic mass is 10.1. The highest BCUT2D eigenvalue weighted by Gasteiger charge is 2.42. The Balaban J connectivity index is 1.39. The van der Waals surface area contributed by atoms with E-state index in [0.717, 1.165) is 22.2 Å². The van der Waals surface area contributed by atoms with Gasteiger partial charge in [-0.25, -0.2) is 0 Å². The van der Waals surface area contributed by atoms with Crippen molar-refractivity contribution in [3.63, 3.8) is 0 Å². The summed E-state index contributed by atoms with van der Waals surface area (Å²) in [7, 11) is 0. The molecule has 0 aliphatic heterocycles. The predicted molar refractivity (Wildman–Crippen MR) is 124 cm³/mol. The van der Waals surface area contributed by atoms with E-state index in [2.05, 4.69) is 52.1 Å². The highest BCUT2D eigenvalue weighted by Crippen LogP contribution is 2.44. The number of aromatic nitrogens is 3. The van der Waals surface area contributed by atoms with Gasteiger partial charge >= 0.3 is 0 Å². The summed E-state index contributed by atoms with van der Waals surface area (Å²) in [5.74, 6) is 2.65. The van der Waals surface area contributed by atoms with E-state index in [1.165, 1.54) is 48.6 Å². The second-order valence-corrected chi connectivity index (χ2v) is 9.78. The summed E-state index contributed by atoms with van der Waals surface area (Å²) in [6.07, 6.45) is 5.04. The molecule has 0 saturated heterocycles. The van der Waals surface area contributed by atoms with Crippen molar-refractivity contribution in [2.75, 3.05) is 5.75 Å². The Morgan fingerprint density at radius 3 is 2.39 bits per heavy atom. The molecule has 1 N–H and O–H groups in total. The van der Waals surface area contributed by atoms with Gasteiger partial charge in [0.05, 0.1) is 11.4 Å². The molecule has 1 amide bonds. The zero-order valence-electron chi connectivity index (χ0n) is 18.0. The SMILES string of the molecule is Cc1ccc(-n2c(SCC(=O)NC(C3CC3)C3CC3)nnc2-c2ccccc2)cc1C. The maximum absolute atomic E-state index is 12.7. The van der Waals surface area contributed by atoms with Crippen LogP contribution in [-0.2, 0) is 4.79 Å². The maximum Gasteiger partial charge on any atom is 0.230 e. The fourth-order valence-corrected chi connectivity index (χ4v) is 4.89. The van der Waals surface area contributed by atoms with Gasteiger partial charge in [0.2, 0.25) is 5.91 Å². The standard InChI is InChI=1S/C25H28N4OS/c1-16-8-13-21(14-17(16)2)29-24(20-6-4-3-5-7-20)27-28-25(29)31-15-22(30)26-23(18-9-10-18)19-11-12-19/h3-8,13-14,18-19,23H,9-12,15H2,1-2H3,(H,26,30). The Hall–Kier alpha value is -2.60. The highest BCUT2D eigenvalue weighted by atomic mass is 32.2. The summed E-state index contributed by atoms with van der Waals surface area (Å²) < 4.78 is 2.07. The number of aryl methyl sites for hydroxylation is 2. The van der Waals surface area contributed by atoms with Crippen LogP contribution in [0, 0.1) is 25.7 Å². The molecule has 2 fully saturated rings. The lowest BCUT2D eigenvalue weighted by molar-refractivity contribution is -0.119. The minimum Gasteiger partial charge on any atom is -0.352 e. The van der Waals surface area contributed by atoms with Crippen LogP contribution in [0.2, 0.25) is 0 Å². The van der Waals surface area contributed by atoms with Crippen LogP contribution in [0.3, 0.4) is 0 Å². The molecule has 0 atom stereocenters. The van der Waals surface area contributed by atoms with Crippen LogP contribution in [0.4, 0.5) is 0 Å². The van der Waals surface area contributed by atoms with E-state index in [9.17, 15) is 4.79 Å². The lowest BCUT2D eigenvalue weighted by Gasteiger charge is -2.17. The molecule has 2 saturated carbocycles. The summed E-state index contributed by atoms with van der Waals surface area (Å²) in [5.41, 5.74) is 4.49. The molecule has 0 bridgehead atoms. The van der Waals surface area contributed by atoms with E-state index >= 15 is 0 Å². The number of carbonyl (C=O) groups is 1. The third kappa shape index (κ3) is 4.54. The van der Waals surface area contributed by atoms with Crippen molar-refractivity contribution >= 4 is 17.7 Å². The molecule has 3 aromatic rings. The topological polar surface area (TPSA) is 59.8 Å². The number of thioether (sulfide) groups is 1. The fraction of sp³-hybridized carbons (Fsp3) is 0.400. The molecule has 2 aromatic carbocycles. The molecule has 1 heterocycles. The van der Waals surface area contributed by atoms with Crippen molar-refractivity contribution in [3.8, 4) is 17.1 Å². The Morgan fingerprint density at radius 1 is 1.03 bits per heavy atom. The van der Waals surface area contributed by atoms with Crippen LogP contribution in [0.25, 0.3) is 17.1 Å². The Bertz CT molecular complexity index is 1070. The first-order valence-corrected chi connectivity index (χ1v) is 12.1. The van der Waals surface area contributed by atoms with Crippen LogP contribution in [0.5, 0.6) is 0 Å². The third-order valence-corrected chi connectivity index (χ3v) is 7.26. The molecule has 0 unspecified atom stereocenters. The van der Waals surface area contributed by atoms with Gasteiger partial charge < -0.3 is 5.32 Å². The average Bonchev–Trinajstić information content (AvgIpc) is 3.71. The van der Waals surface area contributed by atoms with E-state index in [0.29, 0.717) is 23.6 Å². The van der Waals surface area contributed by atoms with Crippen LogP contribution in [0.15, 0.2) is 53.7 Å². The smallest absolute Gasteiger partial charge is 0.230 e. The zero-order valence-corrected chi connectivity index (χ0v) is 18.9. The van der Waals surface area contributed by atoms with E-state index in [-0.39, 0.29) is 5.91 Å². The zero-order chi connectivity index (χ0) is 21.4. The molecule has 0 radical (unpaired) electrons. The van der Waals surface area contributed by atoms with E-state index in [1.807, 2.05) is 30.3 Å². The quantitative estimate of drug-likeness (QED) is 0.512. The number of hydrogen-bond acceptors (Lipinski definition) is 4. The van der Waals surface area contributed by atoms with Gasteiger partial charge in [0, 0.05) is 11.6 Å². The molecule has 5 nitrogen and oxygen atoms in total. The molecule has 2 aliphatic rings. The van der Waals surface area contributed by atoms with Gasteiger partial charge in [-0.05, 0) is 74.6 Å². The molecule has 0 spiro atoms. The van der Waals surface area contributed by atoms with Crippen molar-refractivity contribution in [1.82, 2.24) is 20.1 Å². The summed E-state index contributed by atoms with van der Waals surface area (Å²) >= 11 is 1.46. The second-order valence-electron chi connectivity index (χ2n) is 8.83. The normalized spacial score (nSPS) is 16.0. The highest BCUT2D eigenvalue weighted by molar-refractivity contribution is 7.99. The van der Waals surface area contributed by atoms with Gasteiger partial charge in [0.1, 0.15) is 0 Å². The van der Waals surface area contributed by atoms with Gasteiger partial charge in [0.25, 0.3) is 0 Å². The summed E-state index contributed by atoms with van der Waals surface area (Å²) in [6.45, 7) is 4.22. The summed E-state index contributed by atoms with van der Waals surface area (Å²) in [5, 5.41) is 13.0. The molecule has 2 aliphatic carbocycles. The molecular formula is C25H28N4OS. The lowest BCUT2D eigenvalue weighted by Crippen LogP contribution is -2.39. The summed E-state index contributed by atoms with van der Waals surface area (Å²) in [4.78, 5) is 12.7. The van der Waals surface area contributed by atoms with Crippen LogP contribution >= 0.6 is 11.8 Å². The van der Waals surface area contributed by atoms with Crippen molar-refractivity contribution in [2.45, 2.75) is 50.7 Å². The first-order chi connectivity index (χ1) is 15.1. The molecule has 1 aromatic heterocycles. The maximum atomic E-state index is 12.7. The van der Waals surface area contributed by atoms with Crippen LogP contribution in [0.1, 0.15) is 36.8 Å². The number of hydrogen-bond donors (Lipinski definition) is 1. The largest absolute Gasteiger partial charge is 0.352 e. The summed E-state index contributed by atoms with van der Waals surface area (Å²) in [6, 6.07) is 16.8. The van der Waals surface area contributed by atoms with Gasteiger partial charge in [-0.15, -0.1) is 10.2 Å². The van der Waals surface area contributed by atoms with E-state index in [1.54, 1.807) is 0 Å². The van der Waals surface area contributed by atoms with E-state index < -0.39 is 0 Å². The number of carbonyl (C=O) groups excluding carboxylic acids is 1. The Kier molecular flexibility index (Phi) is 5.57. The van der Waals surface area contributed by atoms with Crippen molar-refractivity contribution in [3.05, 3.63) is 59.7 Å². The minimum atomic E-state index is 0.102. The first kappa shape index (κ1) is 20.3. The van der Waals surface area contributed by atoms with Crippen molar-refractivity contribution in [2.24, 2.45) is 11.8 Å². The number of benzene rings is 2. The molecule has 31 heavy (non-hydrogen) atoms. The molecule has 6 heteroatoms. The van der Waals surface area contributed by atoms with Gasteiger partial charge in [-0.1, -0.05) is 48.2 Å². The fourth-order valence-electron chi connectivity index (χ4n) is 4.12. The van der Waals surface area contributed by atoms with Crippen LogP contribution < -0.4 is 5.32 Å². The number of nitrogens with zero attached hydrogens (tertiary/aromatic N) is 3. The monoisotopic (exact) mass is 432 g/mol. The van der Waals surface area contributed by atoms with Gasteiger partial charge in [-0.3, -0.25) is 9.36 Å². The minimum absolute atomic E-state index is 0.102. The number of nitrogens with one attached hydrogen (secondary N) is 1. The Labute approximate surface area is 187 Å². The van der Waals surface area contributed by atoms with E-state index in [4.69, 9.17) is 0 Å². The third-order valence-electron chi connectivity index (χ3n) is 6.33. The number of rotatable bonds is 8. The Morgan fingerprint density at radius 2 is 1.74 bits per heavy atom.